The van der Waals surface area contributed by atoms with Crippen LogP contribution in [0.4, 0.5) is 10.5 Å². The number of rotatable bonds is 7. The highest BCUT2D eigenvalue weighted by molar-refractivity contribution is 5.67. The minimum absolute atomic E-state index is 0.300. The SMILES string of the molecule is Cc1nn(C(C)C)c(C)c1NCC(CNC(=O)OC(C)(C)C)C(C)C. The van der Waals surface area contributed by atoms with Gasteiger partial charge in [0.2, 0.25) is 0 Å². The summed E-state index contributed by atoms with van der Waals surface area (Å²) < 4.78 is 7.36. The van der Waals surface area contributed by atoms with Crippen LogP contribution >= 0.6 is 0 Å². The summed E-state index contributed by atoms with van der Waals surface area (Å²) in [4.78, 5) is 11.9. The number of hydrogen-bond acceptors (Lipinski definition) is 4. The van der Waals surface area contributed by atoms with Gasteiger partial charge in [0, 0.05) is 19.1 Å². The molecule has 1 atom stereocenters. The predicted octanol–water partition coefficient (Wildman–Crippen LogP) is 4.29. The number of aryl methyl sites for hydroxylation is 1. The molecule has 1 aromatic rings. The van der Waals surface area contributed by atoms with Crippen molar-refractivity contribution >= 4 is 11.8 Å². The van der Waals surface area contributed by atoms with Gasteiger partial charge in [-0.2, -0.15) is 5.10 Å². The molecular formula is C19H36N4O2. The van der Waals surface area contributed by atoms with E-state index in [-0.39, 0.29) is 6.09 Å². The zero-order chi connectivity index (χ0) is 19.4. The number of amides is 1. The maximum Gasteiger partial charge on any atom is 0.407 e. The Morgan fingerprint density at radius 2 is 1.76 bits per heavy atom. The largest absolute Gasteiger partial charge is 0.444 e. The summed E-state index contributed by atoms with van der Waals surface area (Å²) in [7, 11) is 0. The zero-order valence-corrected chi connectivity index (χ0v) is 17.4. The highest BCUT2D eigenvalue weighted by atomic mass is 16.6. The van der Waals surface area contributed by atoms with Crippen LogP contribution < -0.4 is 10.6 Å². The fourth-order valence-electron chi connectivity index (χ4n) is 2.73. The van der Waals surface area contributed by atoms with E-state index in [9.17, 15) is 4.79 Å². The first-order chi connectivity index (χ1) is 11.4. The standard InChI is InChI=1S/C19H36N4O2/c1-12(2)16(11-21-18(24)25-19(7,8)9)10-20-17-14(5)22-23(13(3)4)15(17)6/h12-13,16,20H,10-11H2,1-9H3,(H,21,24). The lowest BCUT2D eigenvalue weighted by Crippen LogP contribution is -2.38. The van der Waals surface area contributed by atoms with Crippen LogP contribution in [0.1, 0.15) is 65.9 Å². The summed E-state index contributed by atoms with van der Waals surface area (Å²) in [6, 6.07) is 0.337. The van der Waals surface area contributed by atoms with E-state index in [4.69, 9.17) is 4.74 Å². The number of aromatic nitrogens is 2. The average molecular weight is 353 g/mol. The first kappa shape index (κ1) is 21.3. The molecular weight excluding hydrogens is 316 g/mol. The van der Waals surface area contributed by atoms with Crippen LogP contribution in [0, 0.1) is 25.7 Å². The lowest BCUT2D eigenvalue weighted by atomic mass is 9.95. The van der Waals surface area contributed by atoms with Crippen LogP contribution in [0.25, 0.3) is 0 Å². The highest BCUT2D eigenvalue weighted by Gasteiger charge is 2.20. The summed E-state index contributed by atoms with van der Waals surface area (Å²) in [5.41, 5.74) is 2.77. The van der Waals surface area contributed by atoms with Crippen LogP contribution in [0.5, 0.6) is 0 Å². The maximum absolute atomic E-state index is 11.9. The van der Waals surface area contributed by atoms with Gasteiger partial charge >= 0.3 is 6.09 Å². The number of ether oxygens (including phenoxy) is 1. The molecule has 0 spiro atoms. The molecule has 1 unspecified atom stereocenters. The molecule has 1 aromatic heterocycles. The van der Waals surface area contributed by atoms with Crippen LogP contribution in [0.15, 0.2) is 0 Å². The molecule has 0 bridgehead atoms. The monoisotopic (exact) mass is 352 g/mol. The average Bonchev–Trinajstić information content (AvgIpc) is 2.72. The molecule has 0 aliphatic rings. The molecule has 0 aliphatic carbocycles. The predicted molar refractivity (Wildman–Crippen MR) is 103 cm³/mol. The molecule has 0 aromatic carbocycles. The Morgan fingerprint density at radius 1 is 1.16 bits per heavy atom. The van der Waals surface area contributed by atoms with Gasteiger partial charge in [0.1, 0.15) is 5.60 Å². The fraction of sp³-hybridized carbons (Fsp3) is 0.789. The minimum Gasteiger partial charge on any atom is -0.444 e. The second kappa shape index (κ2) is 8.59. The van der Waals surface area contributed by atoms with Crippen molar-refractivity contribution < 1.29 is 9.53 Å². The van der Waals surface area contributed by atoms with E-state index in [2.05, 4.69) is 50.4 Å². The van der Waals surface area contributed by atoms with Crippen LogP contribution in [-0.2, 0) is 4.74 Å². The third kappa shape index (κ3) is 6.59. The smallest absolute Gasteiger partial charge is 0.407 e. The number of nitrogens with zero attached hydrogens (tertiary/aromatic N) is 2. The third-order valence-electron chi connectivity index (χ3n) is 4.21. The number of nitrogens with one attached hydrogen (secondary N) is 2. The molecule has 0 saturated heterocycles. The Labute approximate surface area is 152 Å². The van der Waals surface area contributed by atoms with E-state index < -0.39 is 5.60 Å². The summed E-state index contributed by atoms with van der Waals surface area (Å²) in [6.45, 7) is 19.7. The zero-order valence-electron chi connectivity index (χ0n) is 17.4. The molecule has 0 saturated carbocycles. The van der Waals surface area contributed by atoms with Crippen molar-refractivity contribution in [1.82, 2.24) is 15.1 Å². The quantitative estimate of drug-likeness (QED) is 0.768. The second-order valence-corrected chi connectivity index (χ2v) is 8.35. The van der Waals surface area contributed by atoms with Crippen LogP contribution in [-0.4, -0.2) is 34.6 Å². The van der Waals surface area contributed by atoms with Crippen molar-refractivity contribution in [2.45, 2.75) is 74.0 Å². The molecule has 6 heteroatoms. The Kier molecular flexibility index (Phi) is 7.32. The molecule has 1 amide bonds. The minimum atomic E-state index is -0.477. The molecule has 6 nitrogen and oxygen atoms in total. The van der Waals surface area contributed by atoms with Crippen molar-refractivity contribution in [1.29, 1.82) is 0 Å². The molecule has 1 rings (SSSR count). The Hall–Kier alpha value is -1.72. The van der Waals surface area contributed by atoms with E-state index in [1.54, 1.807) is 0 Å². The molecule has 1 heterocycles. The molecule has 144 valence electrons. The van der Waals surface area contributed by atoms with Crippen LogP contribution in [0.2, 0.25) is 0 Å². The van der Waals surface area contributed by atoms with E-state index in [0.717, 1.165) is 23.6 Å². The van der Waals surface area contributed by atoms with Crippen molar-refractivity contribution in [3.05, 3.63) is 11.4 Å². The van der Waals surface area contributed by atoms with Gasteiger partial charge in [0.05, 0.1) is 17.1 Å². The van der Waals surface area contributed by atoms with Crippen molar-refractivity contribution in [2.75, 3.05) is 18.4 Å². The van der Waals surface area contributed by atoms with Crippen molar-refractivity contribution in [3.63, 3.8) is 0 Å². The summed E-state index contributed by atoms with van der Waals surface area (Å²) in [6.07, 6.45) is -0.363. The molecule has 25 heavy (non-hydrogen) atoms. The van der Waals surface area contributed by atoms with E-state index in [1.807, 2.05) is 32.4 Å². The van der Waals surface area contributed by atoms with Gasteiger partial charge in [-0.15, -0.1) is 0 Å². The van der Waals surface area contributed by atoms with Gasteiger partial charge in [0.15, 0.2) is 0 Å². The fourth-order valence-corrected chi connectivity index (χ4v) is 2.73. The summed E-state index contributed by atoms with van der Waals surface area (Å²) >= 11 is 0. The molecule has 0 radical (unpaired) electrons. The Morgan fingerprint density at radius 3 is 2.20 bits per heavy atom. The lowest BCUT2D eigenvalue weighted by Gasteiger charge is -2.24. The van der Waals surface area contributed by atoms with Crippen molar-refractivity contribution in [2.24, 2.45) is 11.8 Å². The Bertz CT molecular complexity index is 571. The number of hydrogen-bond donors (Lipinski definition) is 2. The normalized spacial score (nSPS) is 13.2. The number of anilines is 1. The topological polar surface area (TPSA) is 68.2 Å². The third-order valence-corrected chi connectivity index (χ3v) is 4.21. The first-order valence-electron chi connectivity index (χ1n) is 9.18. The number of carbonyl (C=O) groups is 1. The first-order valence-corrected chi connectivity index (χ1v) is 9.18. The molecule has 2 N–H and O–H groups in total. The summed E-state index contributed by atoms with van der Waals surface area (Å²) in [5.74, 6) is 0.733. The molecule has 0 aliphatic heterocycles. The maximum atomic E-state index is 11.9. The summed E-state index contributed by atoms with van der Waals surface area (Å²) in [5, 5.41) is 11.0. The van der Waals surface area contributed by atoms with E-state index in [0.29, 0.717) is 24.4 Å². The van der Waals surface area contributed by atoms with Gasteiger partial charge in [0.25, 0.3) is 0 Å². The highest BCUT2D eigenvalue weighted by Crippen LogP contribution is 2.23. The van der Waals surface area contributed by atoms with Crippen molar-refractivity contribution in [3.8, 4) is 0 Å². The van der Waals surface area contributed by atoms with Gasteiger partial charge < -0.3 is 15.4 Å². The van der Waals surface area contributed by atoms with Crippen LogP contribution in [0.3, 0.4) is 0 Å². The molecule has 0 fully saturated rings. The number of alkyl carbamates (subject to hydrolysis) is 1. The van der Waals surface area contributed by atoms with E-state index in [1.165, 1.54) is 0 Å². The van der Waals surface area contributed by atoms with Gasteiger partial charge in [-0.1, -0.05) is 13.8 Å². The number of carbonyl (C=O) groups excluding carboxylic acids is 1. The Balaban J connectivity index is 2.67. The van der Waals surface area contributed by atoms with Gasteiger partial charge in [-0.05, 0) is 60.3 Å². The lowest BCUT2D eigenvalue weighted by molar-refractivity contribution is 0.0516. The van der Waals surface area contributed by atoms with Gasteiger partial charge in [-0.3, -0.25) is 4.68 Å². The van der Waals surface area contributed by atoms with E-state index >= 15 is 0 Å². The second-order valence-electron chi connectivity index (χ2n) is 8.35. The van der Waals surface area contributed by atoms with Gasteiger partial charge in [-0.25, -0.2) is 4.79 Å².